The van der Waals surface area contributed by atoms with Crippen LogP contribution in [0.15, 0.2) is 52.7 Å². The Hall–Kier alpha value is -2.94. The molecule has 0 spiro atoms. The zero-order valence-electron chi connectivity index (χ0n) is 10.6. The summed E-state index contributed by atoms with van der Waals surface area (Å²) in [6, 6.07) is 10.5. The molecule has 0 saturated carbocycles. The predicted molar refractivity (Wildman–Crippen MR) is 69.7 cm³/mol. The van der Waals surface area contributed by atoms with Gasteiger partial charge in [-0.05, 0) is 24.3 Å². The van der Waals surface area contributed by atoms with Crippen molar-refractivity contribution in [2.24, 2.45) is 0 Å². The predicted octanol–water partition coefficient (Wildman–Crippen LogP) is 3.67. The molecule has 106 valence electrons. The highest BCUT2D eigenvalue weighted by atomic mass is 19.3. The minimum Gasteiger partial charge on any atom is -0.461 e. The number of carbonyl (C=O) groups excluding carboxylic acids is 1. The van der Waals surface area contributed by atoms with E-state index in [1.807, 2.05) is 0 Å². The van der Waals surface area contributed by atoms with Gasteiger partial charge in [-0.15, -0.1) is 0 Å². The molecule has 0 aliphatic heterocycles. The minimum atomic E-state index is -2.99. The van der Waals surface area contributed by atoms with Gasteiger partial charge in [-0.1, -0.05) is 18.2 Å². The number of allylic oxidation sites excluding steroid dienone is 1. The van der Waals surface area contributed by atoms with Crippen LogP contribution in [0.25, 0.3) is 6.08 Å². The molecule has 1 aromatic heterocycles. The number of hydrogen-bond acceptors (Lipinski definition) is 4. The number of hydrogen-bond donors (Lipinski definition) is 0. The van der Waals surface area contributed by atoms with Crippen molar-refractivity contribution < 1.29 is 22.7 Å². The number of para-hydroxylation sites is 1. The van der Waals surface area contributed by atoms with Crippen LogP contribution in [0.3, 0.4) is 0 Å². The normalized spacial score (nSPS) is 11.2. The van der Waals surface area contributed by atoms with Gasteiger partial charge in [0.1, 0.15) is 17.4 Å². The number of carbonyl (C=O) groups is 1. The molecule has 0 saturated heterocycles. The first-order chi connectivity index (χ1) is 10.1. The fourth-order valence-corrected chi connectivity index (χ4v) is 1.65. The quantitative estimate of drug-likeness (QED) is 0.478. The van der Waals surface area contributed by atoms with E-state index in [1.54, 1.807) is 12.1 Å². The Morgan fingerprint density at radius 3 is 2.67 bits per heavy atom. The second-order valence-corrected chi connectivity index (χ2v) is 3.89. The molecule has 6 heteroatoms. The summed E-state index contributed by atoms with van der Waals surface area (Å²) in [4.78, 5) is 12.0. The lowest BCUT2D eigenvalue weighted by molar-refractivity contribution is -0.0499. The summed E-state index contributed by atoms with van der Waals surface area (Å²) in [5.41, 5.74) is -0.0375. The number of furan rings is 1. The largest absolute Gasteiger partial charge is 0.461 e. The van der Waals surface area contributed by atoms with Gasteiger partial charge in [0, 0.05) is 5.56 Å². The third kappa shape index (κ3) is 3.54. The second-order valence-electron chi connectivity index (χ2n) is 3.89. The Balaban J connectivity index is 2.37. The van der Waals surface area contributed by atoms with Gasteiger partial charge in [0.05, 0.1) is 6.26 Å². The Morgan fingerprint density at radius 2 is 2.05 bits per heavy atom. The minimum absolute atomic E-state index is 0.00457. The number of nitriles is 1. The van der Waals surface area contributed by atoms with Gasteiger partial charge < -0.3 is 9.15 Å². The second kappa shape index (κ2) is 6.48. The SMILES string of the molecule is N#C/C(=C\c1ccccc1OC(F)F)C(=O)c1ccco1. The van der Waals surface area contributed by atoms with Gasteiger partial charge in [-0.3, -0.25) is 4.79 Å². The molecular formula is C15H9F2NO3. The monoisotopic (exact) mass is 289 g/mol. The maximum absolute atomic E-state index is 12.3. The third-order valence-electron chi connectivity index (χ3n) is 2.54. The van der Waals surface area contributed by atoms with E-state index in [-0.39, 0.29) is 22.6 Å². The fraction of sp³-hybridized carbons (Fsp3) is 0.0667. The standard InChI is InChI=1S/C15H9F2NO3/c16-15(17)21-12-5-2-1-4-10(12)8-11(9-18)14(19)13-6-3-7-20-13/h1-8,15H/b11-8+. The zero-order valence-corrected chi connectivity index (χ0v) is 10.6. The van der Waals surface area contributed by atoms with Crippen molar-refractivity contribution in [3.8, 4) is 11.8 Å². The third-order valence-corrected chi connectivity index (χ3v) is 2.54. The fourth-order valence-electron chi connectivity index (χ4n) is 1.65. The number of rotatable bonds is 5. The van der Waals surface area contributed by atoms with Crippen molar-refractivity contribution >= 4 is 11.9 Å². The molecule has 4 nitrogen and oxygen atoms in total. The lowest BCUT2D eigenvalue weighted by atomic mass is 10.1. The lowest BCUT2D eigenvalue weighted by Gasteiger charge is -2.07. The highest BCUT2D eigenvalue weighted by Crippen LogP contribution is 2.23. The van der Waals surface area contributed by atoms with Crippen LogP contribution in [0.2, 0.25) is 0 Å². The first-order valence-corrected chi connectivity index (χ1v) is 5.85. The molecule has 0 N–H and O–H groups in total. The van der Waals surface area contributed by atoms with Gasteiger partial charge in [0.15, 0.2) is 5.76 Å². The first-order valence-electron chi connectivity index (χ1n) is 5.85. The van der Waals surface area contributed by atoms with Crippen LogP contribution in [0.1, 0.15) is 16.1 Å². The number of ketones is 1. The number of benzene rings is 1. The average Bonchev–Trinajstić information content (AvgIpc) is 2.99. The van der Waals surface area contributed by atoms with Crippen molar-refractivity contribution in [1.29, 1.82) is 5.26 Å². The molecule has 21 heavy (non-hydrogen) atoms. The number of alkyl halides is 2. The maximum atomic E-state index is 12.3. The molecule has 2 rings (SSSR count). The smallest absolute Gasteiger partial charge is 0.387 e. The molecule has 0 aliphatic rings. The lowest BCUT2D eigenvalue weighted by Crippen LogP contribution is -2.04. The summed E-state index contributed by atoms with van der Waals surface area (Å²) < 4.78 is 33.9. The van der Waals surface area contributed by atoms with Crippen molar-refractivity contribution in [3.05, 3.63) is 59.6 Å². The van der Waals surface area contributed by atoms with E-state index in [2.05, 4.69) is 4.74 Å². The van der Waals surface area contributed by atoms with Gasteiger partial charge in [0.2, 0.25) is 5.78 Å². The van der Waals surface area contributed by atoms with Crippen molar-refractivity contribution in [2.45, 2.75) is 6.61 Å². The van der Waals surface area contributed by atoms with Crippen LogP contribution >= 0.6 is 0 Å². The summed E-state index contributed by atoms with van der Waals surface area (Å²) in [5, 5.41) is 9.06. The van der Waals surface area contributed by atoms with Crippen LogP contribution in [0.4, 0.5) is 8.78 Å². The summed E-state index contributed by atoms with van der Waals surface area (Å²) in [5.74, 6) is -0.753. The van der Waals surface area contributed by atoms with Crippen LogP contribution in [0, 0.1) is 11.3 Å². The Labute approximate surface area is 118 Å². The molecule has 1 heterocycles. The van der Waals surface area contributed by atoms with Gasteiger partial charge >= 0.3 is 6.61 Å². The molecule has 0 fully saturated rings. The molecule has 0 amide bonds. The van der Waals surface area contributed by atoms with Crippen LogP contribution in [-0.2, 0) is 0 Å². The Kier molecular flexibility index (Phi) is 4.46. The van der Waals surface area contributed by atoms with E-state index in [0.717, 1.165) is 0 Å². The summed E-state index contributed by atoms with van der Waals surface area (Å²) in [6.07, 6.45) is 2.48. The maximum Gasteiger partial charge on any atom is 0.387 e. The van der Waals surface area contributed by atoms with Crippen molar-refractivity contribution in [2.75, 3.05) is 0 Å². The van der Waals surface area contributed by atoms with Crippen LogP contribution in [-0.4, -0.2) is 12.4 Å². The van der Waals surface area contributed by atoms with Gasteiger partial charge in [-0.2, -0.15) is 14.0 Å². The van der Waals surface area contributed by atoms with Crippen LogP contribution in [0.5, 0.6) is 5.75 Å². The molecule has 0 atom stereocenters. The topological polar surface area (TPSA) is 63.2 Å². The van der Waals surface area contributed by atoms with E-state index in [1.165, 1.54) is 42.7 Å². The highest BCUT2D eigenvalue weighted by Gasteiger charge is 2.16. The van der Waals surface area contributed by atoms with E-state index >= 15 is 0 Å². The van der Waals surface area contributed by atoms with Gasteiger partial charge in [0.25, 0.3) is 0 Å². The van der Waals surface area contributed by atoms with E-state index in [9.17, 15) is 13.6 Å². The summed E-state index contributed by atoms with van der Waals surface area (Å²) >= 11 is 0. The number of Topliss-reactive ketones (excluding diaryl/α,β-unsaturated/α-hetero) is 1. The Morgan fingerprint density at radius 1 is 1.29 bits per heavy atom. The summed E-state index contributed by atoms with van der Waals surface area (Å²) in [7, 11) is 0. The molecule has 0 bridgehead atoms. The van der Waals surface area contributed by atoms with Gasteiger partial charge in [-0.25, -0.2) is 0 Å². The number of halogens is 2. The highest BCUT2D eigenvalue weighted by molar-refractivity contribution is 6.12. The number of ether oxygens (including phenoxy) is 1. The Bertz CT molecular complexity index is 700. The van der Waals surface area contributed by atoms with E-state index in [0.29, 0.717) is 0 Å². The number of nitrogens with zero attached hydrogens (tertiary/aromatic N) is 1. The molecule has 2 aromatic rings. The average molecular weight is 289 g/mol. The molecular weight excluding hydrogens is 280 g/mol. The van der Waals surface area contributed by atoms with Crippen molar-refractivity contribution in [3.63, 3.8) is 0 Å². The molecule has 0 radical (unpaired) electrons. The van der Waals surface area contributed by atoms with Crippen LogP contribution < -0.4 is 4.74 Å². The molecule has 1 aromatic carbocycles. The van der Waals surface area contributed by atoms with E-state index < -0.39 is 12.4 Å². The summed E-state index contributed by atoms with van der Waals surface area (Å²) in [6.45, 7) is -2.99. The zero-order chi connectivity index (χ0) is 15.2. The molecule has 0 unspecified atom stereocenters. The van der Waals surface area contributed by atoms with E-state index in [4.69, 9.17) is 9.68 Å². The first kappa shape index (κ1) is 14.5. The van der Waals surface area contributed by atoms with Crippen molar-refractivity contribution in [1.82, 2.24) is 0 Å². The molecule has 0 aliphatic carbocycles.